The van der Waals surface area contributed by atoms with Crippen LogP contribution in [-0.4, -0.2) is 13.7 Å². The Hall–Kier alpha value is -2.07. The molecule has 0 bridgehead atoms. The van der Waals surface area contributed by atoms with Crippen molar-refractivity contribution in [1.82, 2.24) is 0 Å². The first kappa shape index (κ1) is 15.3. The van der Waals surface area contributed by atoms with E-state index in [4.69, 9.17) is 9.47 Å². The zero-order valence-electron chi connectivity index (χ0n) is 12.4. The normalized spacial score (nSPS) is 10.4. The van der Waals surface area contributed by atoms with Gasteiger partial charge in [-0.3, -0.25) is 0 Å². The molecule has 0 aliphatic rings. The van der Waals surface area contributed by atoms with Crippen molar-refractivity contribution < 1.29 is 13.9 Å². The lowest BCUT2D eigenvalue weighted by Gasteiger charge is -2.10. The number of halogens is 1. The zero-order chi connectivity index (χ0) is 15.1. The van der Waals surface area contributed by atoms with E-state index in [1.54, 1.807) is 13.2 Å². The van der Waals surface area contributed by atoms with Gasteiger partial charge >= 0.3 is 0 Å². The van der Waals surface area contributed by atoms with Crippen molar-refractivity contribution in [3.05, 3.63) is 59.4 Å². The van der Waals surface area contributed by atoms with Crippen molar-refractivity contribution in [2.24, 2.45) is 0 Å². The van der Waals surface area contributed by atoms with Gasteiger partial charge in [-0.05, 0) is 30.2 Å². The van der Waals surface area contributed by atoms with Gasteiger partial charge in [0.15, 0.2) is 11.6 Å². The fourth-order valence-corrected chi connectivity index (χ4v) is 2.01. The molecule has 1 N–H and O–H groups in total. The van der Waals surface area contributed by atoms with Crippen LogP contribution in [-0.2, 0) is 17.9 Å². The predicted molar refractivity (Wildman–Crippen MR) is 82.1 cm³/mol. The number of rotatable bonds is 7. The maximum absolute atomic E-state index is 13.7. The molecule has 4 heteroatoms. The molecule has 0 aliphatic carbocycles. The molecule has 0 spiro atoms. The molecule has 3 nitrogen and oxygen atoms in total. The molecule has 2 aromatic rings. The van der Waals surface area contributed by atoms with Crippen LogP contribution in [0.3, 0.4) is 0 Å². The molecular weight excluding hydrogens is 269 g/mol. The first-order chi connectivity index (χ1) is 10.2. The Morgan fingerprint density at radius 3 is 2.38 bits per heavy atom. The summed E-state index contributed by atoms with van der Waals surface area (Å²) in [4.78, 5) is 0. The zero-order valence-corrected chi connectivity index (χ0v) is 12.4. The lowest BCUT2D eigenvalue weighted by Crippen LogP contribution is -2.01. The molecule has 0 unspecified atom stereocenters. The molecule has 2 aromatic carbocycles. The smallest absolute Gasteiger partial charge is 0.167 e. The molecule has 0 saturated carbocycles. The van der Waals surface area contributed by atoms with Crippen LogP contribution in [0.25, 0.3) is 0 Å². The highest BCUT2D eigenvalue weighted by Crippen LogP contribution is 2.21. The minimum atomic E-state index is -0.350. The molecule has 0 aromatic heterocycles. The Kier molecular flexibility index (Phi) is 5.58. The van der Waals surface area contributed by atoms with Crippen LogP contribution in [0.2, 0.25) is 0 Å². The summed E-state index contributed by atoms with van der Waals surface area (Å²) in [5.41, 5.74) is 2.99. The Morgan fingerprint density at radius 2 is 1.76 bits per heavy atom. The van der Waals surface area contributed by atoms with Crippen LogP contribution in [0.1, 0.15) is 18.1 Å². The van der Waals surface area contributed by atoms with Gasteiger partial charge in [0.25, 0.3) is 0 Å². The number of anilines is 1. The Labute approximate surface area is 124 Å². The molecule has 21 heavy (non-hydrogen) atoms. The van der Waals surface area contributed by atoms with E-state index in [-0.39, 0.29) is 11.6 Å². The van der Waals surface area contributed by atoms with Gasteiger partial charge in [0, 0.05) is 25.4 Å². The monoisotopic (exact) mass is 289 g/mol. The molecule has 0 saturated heterocycles. The molecule has 0 radical (unpaired) electrons. The summed E-state index contributed by atoms with van der Waals surface area (Å²) in [6, 6.07) is 13.0. The van der Waals surface area contributed by atoms with Gasteiger partial charge in [-0.1, -0.05) is 24.3 Å². The molecular formula is C17H20FNO2. The van der Waals surface area contributed by atoms with Crippen LogP contribution < -0.4 is 10.1 Å². The summed E-state index contributed by atoms with van der Waals surface area (Å²) in [5.74, 6) is -0.0655. The van der Waals surface area contributed by atoms with Crippen molar-refractivity contribution >= 4 is 5.69 Å². The van der Waals surface area contributed by atoms with Gasteiger partial charge in [-0.25, -0.2) is 4.39 Å². The molecule has 2 rings (SSSR count). The summed E-state index contributed by atoms with van der Waals surface area (Å²) < 4.78 is 24.0. The number of benzene rings is 2. The maximum atomic E-state index is 13.7. The molecule has 0 atom stereocenters. The maximum Gasteiger partial charge on any atom is 0.167 e. The van der Waals surface area contributed by atoms with E-state index < -0.39 is 0 Å². The van der Waals surface area contributed by atoms with Gasteiger partial charge in [0.1, 0.15) is 0 Å². The van der Waals surface area contributed by atoms with Gasteiger partial charge in [0.2, 0.25) is 0 Å². The van der Waals surface area contributed by atoms with Gasteiger partial charge < -0.3 is 14.8 Å². The van der Waals surface area contributed by atoms with Crippen molar-refractivity contribution in [1.29, 1.82) is 0 Å². The lowest BCUT2D eigenvalue weighted by atomic mass is 10.1. The van der Waals surface area contributed by atoms with Gasteiger partial charge in [-0.2, -0.15) is 0 Å². The molecule has 0 heterocycles. The van der Waals surface area contributed by atoms with Crippen LogP contribution in [0.15, 0.2) is 42.5 Å². The fraction of sp³-hybridized carbons (Fsp3) is 0.294. The minimum absolute atomic E-state index is 0.284. The average Bonchev–Trinajstić information content (AvgIpc) is 2.49. The summed E-state index contributed by atoms with van der Waals surface area (Å²) in [6.45, 7) is 3.54. The van der Waals surface area contributed by atoms with Crippen LogP contribution in [0.4, 0.5) is 10.1 Å². The Balaban J connectivity index is 1.94. The van der Waals surface area contributed by atoms with E-state index >= 15 is 0 Å². The quantitative estimate of drug-likeness (QED) is 0.836. The van der Waals surface area contributed by atoms with Crippen LogP contribution in [0, 0.1) is 5.82 Å². The summed E-state index contributed by atoms with van der Waals surface area (Å²) in [7, 11) is 1.68. The van der Waals surface area contributed by atoms with Crippen molar-refractivity contribution in [3.8, 4) is 5.75 Å². The number of ether oxygens (including phenoxy) is 2. The van der Waals surface area contributed by atoms with Crippen molar-refractivity contribution in [2.75, 3.05) is 19.0 Å². The van der Waals surface area contributed by atoms with Crippen molar-refractivity contribution in [3.63, 3.8) is 0 Å². The second-order valence-corrected chi connectivity index (χ2v) is 4.68. The highest BCUT2D eigenvalue weighted by Gasteiger charge is 2.04. The predicted octanol–water partition coefficient (Wildman–Crippen LogP) is 3.98. The number of nitrogens with one attached hydrogen (secondary N) is 1. The number of hydrogen-bond donors (Lipinski definition) is 1. The molecule has 0 amide bonds. The summed E-state index contributed by atoms with van der Waals surface area (Å²) in [5, 5.41) is 3.20. The fourth-order valence-electron chi connectivity index (χ4n) is 2.01. The van der Waals surface area contributed by atoms with Crippen LogP contribution in [0.5, 0.6) is 5.75 Å². The average molecular weight is 289 g/mol. The Bertz CT molecular complexity index is 570. The standard InChI is InChI=1S/C17H20FNO2/c1-3-21-17-9-8-15(10-16(17)18)19-11-13-4-6-14(7-5-13)12-20-2/h4-10,19H,3,11-12H2,1-2H3. The first-order valence-electron chi connectivity index (χ1n) is 6.96. The Morgan fingerprint density at radius 1 is 1.05 bits per heavy atom. The second-order valence-electron chi connectivity index (χ2n) is 4.68. The SMILES string of the molecule is CCOc1ccc(NCc2ccc(COC)cc2)cc1F. The van der Waals surface area contributed by atoms with E-state index in [2.05, 4.69) is 5.32 Å². The third-order valence-corrected chi connectivity index (χ3v) is 3.06. The minimum Gasteiger partial charge on any atom is -0.491 e. The van der Waals surface area contributed by atoms with Gasteiger partial charge in [-0.15, -0.1) is 0 Å². The third-order valence-electron chi connectivity index (χ3n) is 3.06. The van der Waals surface area contributed by atoms with Gasteiger partial charge in [0.05, 0.1) is 13.2 Å². The highest BCUT2D eigenvalue weighted by atomic mass is 19.1. The largest absolute Gasteiger partial charge is 0.491 e. The van der Waals surface area contributed by atoms with Crippen molar-refractivity contribution in [2.45, 2.75) is 20.1 Å². The highest BCUT2D eigenvalue weighted by molar-refractivity contribution is 5.47. The summed E-state index contributed by atoms with van der Waals surface area (Å²) in [6.07, 6.45) is 0. The number of methoxy groups -OCH3 is 1. The third kappa shape index (κ3) is 4.46. The number of hydrogen-bond acceptors (Lipinski definition) is 3. The molecule has 0 aliphatic heterocycles. The van der Waals surface area contributed by atoms with E-state index in [0.29, 0.717) is 19.8 Å². The van der Waals surface area contributed by atoms with E-state index in [1.165, 1.54) is 6.07 Å². The topological polar surface area (TPSA) is 30.5 Å². The molecule has 0 fully saturated rings. The van der Waals surface area contributed by atoms with Crippen LogP contribution >= 0.6 is 0 Å². The molecule has 112 valence electrons. The van der Waals surface area contributed by atoms with E-state index in [0.717, 1.165) is 16.8 Å². The summed E-state index contributed by atoms with van der Waals surface area (Å²) >= 11 is 0. The van der Waals surface area contributed by atoms with E-state index in [1.807, 2.05) is 37.3 Å². The van der Waals surface area contributed by atoms with E-state index in [9.17, 15) is 4.39 Å². The lowest BCUT2D eigenvalue weighted by molar-refractivity contribution is 0.185. The second kappa shape index (κ2) is 7.64. The first-order valence-corrected chi connectivity index (χ1v) is 6.96.